The maximum absolute atomic E-state index is 12.3. The van der Waals surface area contributed by atoms with Crippen molar-refractivity contribution in [1.29, 1.82) is 5.26 Å². The molecule has 0 aliphatic rings. The van der Waals surface area contributed by atoms with Gasteiger partial charge in [-0.3, -0.25) is 0 Å². The number of aromatic nitrogens is 2. The average molecular weight is 975 g/mol. The summed E-state index contributed by atoms with van der Waals surface area (Å²) in [5.74, 6) is 0. The summed E-state index contributed by atoms with van der Waals surface area (Å²) in [5.41, 5.74) is 14.2. The van der Waals surface area contributed by atoms with Crippen LogP contribution in [0.3, 0.4) is 0 Å². The van der Waals surface area contributed by atoms with Gasteiger partial charge in [0.05, 0.1) is 55.0 Å². The number of para-hydroxylation sites is 2. The van der Waals surface area contributed by atoms with Crippen molar-refractivity contribution >= 4 is 112 Å². The molecule has 0 spiro atoms. The van der Waals surface area contributed by atoms with E-state index in [0.29, 0.717) is 16.8 Å². The normalized spacial score (nSPS) is 11.8. The lowest BCUT2D eigenvalue weighted by Crippen LogP contribution is -2.09. The van der Waals surface area contributed by atoms with Crippen LogP contribution in [0.4, 0.5) is 5.69 Å². The van der Waals surface area contributed by atoms with Gasteiger partial charge in [-0.2, -0.15) is 5.26 Å². The summed E-state index contributed by atoms with van der Waals surface area (Å²) in [5, 5.41) is 21.4. The molecule has 4 heterocycles. The number of fused-ring (bicyclic) bond motifs is 14. The summed E-state index contributed by atoms with van der Waals surface area (Å²) in [7, 11) is 0. The van der Waals surface area contributed by atoms with Crippen LogP contribution in [-0.2, 0) is 0 Å². The number of hydrogen-bond donors (Lipinski definition) is 0. The largest absolute Gasteiger partial charge is 0.318 e. The Balaban J connectivity index is 1.23. The van der Waals surface area contributed by atoms with Crippen molar-refractivity contribution in [2.45, 2.75) is 0 Å². The van der Waals surface area contributed by atoms with Crippen molar-refractivity contribution in [1.82, 2.24) is 9.13 Å². The molecule has 74 heavy (non-hydrogen) atoms. The van der Waals surface area contributed by atoms with E-state index in [9.17, 15) is 11.8 Å². The van der Waals surface area contributed by atoms with E-state index in [0.717, 1.165) is 103 Å². The van der Waals surface area contributed by atoms with Gasteiger partial charge in [-0.15, -0.1) is 22.7 Å². The fraction of sp³-hybridized carbons (Fsp3) is 0. The van der Waals surface area contributed by atoms with Crippen LogP contribution in [0, 0.1) is 17.9 Å². The van der Waals surface area contributed by atoms with Gasteiger partial charge in [0.15, 0.2) is 0 Å². The maximum atomic E-state index is 12.3. The topological polar surface area (TPSA) is 38.0 Å². The second-order valence-corrected chi connectivity index (χ2v) is 20.9. The van der Waals surface area contributed by atoms with Crippen molar-refractivity contribution in [3.8, 4) is 62.0 Å². The first-order valence-corrected chi connectivity index (χ1v) is 26.3. The van der Waals surface area contributed by atoms with E-state index in [1.165, 1.54) is 31.3 Å². The minimum Gasteiger partial charge on any atom is -0.318 e. The minimum absolute atomic E-state index is 0.418. The zero-order valence-electron chi connectivity index (χ0n) is 39.5. The summed E-state index contributed by atoms with van der Waals surface area (Å²) in [6.45, 7) is 9.35. The van der Waals surface area contributed by atoms with E-state index >= 15 is 0 Å². The molecule has 15 aromatic rings. The molecule has 0 aliphatic heterocycles. The Hall–Kier alpha value is -9.56. The Morgan fingerprint density at radius 1 is 0.378 bits per heavy atom. The average Bonchev–Trinajstić information content (AvgIpc) is 4.31. The Bertz CT molecular complexity index is 4670. The van der Waals surface area contributed by atoms with E-state index in [-0.39, 0.29) is 0 Å². The lowest BCUT2D eigenvalue weighted by molar-refractivity contribution is 1.14. The van der Waals surface area contributed by atoms with Gasteiger partial charge in [-0.25, -0.2) is 4.85 Å². The molecule has 0 saturated carbocycles. The van der Waals surface area contributed by atoms with Crippen LogP contribution in [0.25, 0.3) is 145 Å². The molecule has 15 rings (SSSR count). The number of rotatable bonds is 6. The van der Waals surface area contributed by atoms with Crippen molar-refractivity contribution in [3.63, 3.8) is 0 Å². The Morgan fingerprint density at radius 3 is 1.26 bits per heavy atom. The van der Waals surface area contributed by atoms with Crippen LogP contribution in [0.5, 0.6) is 0 Å². The summed E-state index contributed by atoms with van der Waals surface area (Å²) < 4.78 is 9.40. The van der Waals surface area contributed by atoms with E-state index in [2.05, 4.69) is 214 Å². The zero-order chi connectivity index (χ0) is 49.0. The predicted octanol–water partition coefficient (Wildman–Crippen LogP) is 19.7. The summed E-state index contributed by atoms with van der Waals surface area (Å²) >= 11 is 3.62. The van der Waals surface area contributed by atoms with Crippen LogP contribution in [-0.4, -0.2) is 9.13 Å². The van der Waals surface area contributed by atoms with E-state index in [4.69, 9.17) is 0 Å². The lowest BCUT2D eigenvalue weighted by Gasteiger charge is -2.26. The monoisotopic (exact) mass is 974 g/mol. The maximum Gasteiger partial charge on any atom is 0.220 e. The summed E-state index contributed by atoms with van der Waals surface area (Å²) in [6, 6.07) is 84.4. The third-order valence-corrected chi connectivity index (χ3v) is 17.3. The summed E-state index contributed by atoms with van der Waals surface area (Å²) in [4.78, 5) is 4.57. The fourth-order valence-electron chi connectivity index (χ4n) is 12.0. The summed E-state index contributed by atoms with van der Waals surface area (Å²) in [6.07, 6.45) is 0. The van der Waals surface area contributed by atoms with Crippen molar-refractivity contribution in [3.05, 3.63) is 248 Å². The second kappa shape index (κ2) is 16.5. The molecule has 0 aliphatic carbocycles. The molecular formula is C68H38N4S2. The number of nitrogens with zero attached hydrogens (tertiary/aromatic N) is 4. The first-order valence-electron chi connectivity index (χ1n) is 24.7. The smallest absolute Gasteiger partial charge is 0.220 e. The van der Waals surface area contributed by atoms with Gasteiger partial charge < -0.3 is 9.13 Å². The highest BCUT2D eigenvalue weighted by Gasteiger charge is 2.33. The van der Waals surface area contributed by atoms with Crippen LogP contribution < -0.4 is 0 Å². The van der Waals surface area contributed by atoms with Gasteiger partial charge in [0.2, 0.25) is 5.69 Å². The van der Waals surface area contributed by atoms with E-state index < -0.39 is 0 Å². The lowest BCUT2D eigenvalue weighted by atomic mass is 9.88. The highest BCUT2D eigenvalue weighted by atomic mass is 32.1. The van der Waals surface area contributed by atoms with Crippen molar-refractivity contribution in [2.24, 2.45) is 0 Å². The second-order valence-electron chi connectivity index (χ2n) is 18.8. The Morgan fingerprint density at radius 2 is 0.797 bits per heavy atom. The zero-order valence-corrected chi connectivity index (χ0v) is 41.2. The van der Waals surface area contributed by atoms with Crippen LogP contribution in [0.15, 0.2) is 231 Å². The molecule has 6 heteroatoms. The number of benzene rings is 11. The highest BCUT2D eigenvalue weighted by Crippen LogP contribution is 2.55. The molecule has 0 saturated heterocycles. The molecule has 0 atom stereocenters. The van der Waals surface area contributed by atoms with Gasteiger partial charge in [-0.1, -0.05) is 206 Å². The van der Waals surface area contributed by atoms with Gasteiger partial charge >= 0.3 is 0 Å². The Kier molecular flexibility index (Phi) is 9.40. The van der Waals surface area contributed by atoms with E-state index in [1.54, 1.807) is 0 Å². The molecule has 0 amide bonds. The molecule has 0 N–H and O–H groups in total. The van der Waals surface area contributed by atoms with Gasteiger partial charge in [0, 0.05) is 63.6 Å². The fourth-order valence-corrected chi connectivity index (χ4v) is 14.5. The van der Waals surface area contributed by atoms with Crippen molar-refractivity contribution in [2.75, 3.05) is 0 Å². The van der Waals surface area contributed by atoms with Crippen LogP contribution >= 0.6 is 22.7 Å². The van der Waals surface area contributed by atoms with E-state index in [1.807, 2.05) is 59.1 Å². The predicted molar refractivity (Wildman–Crippen MR) is 314 cm³/mol. The number of thiophene rings is 2. The third-order valence-electron chi connectivity index (χ3n) is 15.0. The van der Waals surface area contributed by atoms with Crippen LogP contribution in [0.2, 0.25) is 0 Å². The minimum atomic E-state index is 0.418. The highest BCUT2D eigenvalue weighted by molar-refractivity contribution is 7.27. The molecule has 0 fully saturated rings. The SMILES string of the molecule is [C-]#[N+]c1c(-c2ccccc2)c(C#N)c(-n2c3c(ccc4c3sc3cccc(-c5ccccc5)c34)c3ccc4c(sc5cccc(-c6ccccc6)c54)c32)c(-c2ccccc2)c1-n1c2ccccc2c2ccccc21. The molecule has 0 radical (unpaired) electrons. The Labute approximate surface area is 433 Å². The third kappa shape index (κ3) is 5.99. The number of hydrogen-bond acceptors (Lipinski definition) is 3. The first kappa shape index (κ1) is 42.2. The molecule has 4 aromatic heterocycles. The van der Waals surface area contributed by atoms with Crippen LogP contribution in [0.1, 0.15) is 5.56 Å². The first-order chi connectivity index (χ1) is 36.7. The molecule has 11 aromatic carbocycles. The molecule has 0 bridgehead atoms. The standard InChI is InChI=1S/C68H38N4S2/c1-70-62-58(43-24-10-4-11-25-43)53(40-69)63(59(44-26-12-5-13-27-44)66(62)71-54-32-16-14-28-47(54)48-29-15-17-33-55(48)71)72-64-49(36-38-51-60-45(41-20-6-2-7-21-41)30-18-34-56(60)73-67(51)64)50-37-39-52-61-46(42-22-8-3-9-23-42)31-19-35-57(61)74-68(52)65(50)72/h2-39H. The number of nitriles is 1. The van der Waals surface area contributed by atoms with Gasteiger partial charge in [0.25, 0.3) is 0 Å². The molecule has 4 nitrogen and oxygen atoms in total. The quantitative estimate of drug-likeness (QED) is 0.153. The van der Waals surface area contributed by atoms with Gasteiger partial charge in [-0.05, 0) is 57.6 Å². The van der Waals surface area contributed by atoms with Crippen molar-refractivity contribution < 1.29 is 0 Å². The molecule has 0 unspecified atom stereocenters. The molecule has 342 valence electrons. The molecular weight excluding hydrogens is 937 g/mol. The van der Waals surface area contributed by atoms with Gasteiger partial charge in [0.1, 0.15) is 6.07 Å².